The van der Waals surface area contributed by atoms with Crippen molar-refractivity contribution in [3.05, 3.63) is 27.3 Å². The van der Waals surface area contributed by atoms with Crippen LogP contribution in [-0.4, -0.2) is 14.4 Å². The Hall–Kier alpha value is -0.610. The molecule has 1 fully saturated rings. The van der Waals surface area contributed by atoms with Crippen LogP contribution in [0.5, 0.6) is 0 Å². The number of hydrogen-bond donors (Lipinski definition) is 0. The molecule has 1 aliphatic carbocycles. The number of imidazole rings is 1. The third kappa shape index (κ3) is 1.39. The third-order valence-electron chi connectivity index (χ3n) is 2.72. The third-order valence-corrected chi connectivity index (χ3v) is 4.03. The normalized spacial score (nSPS) is 16.2. The van der Waals surface area contributed by atoms with Crippen molar-refractivity contribution in [3.8, 4) is 0 Å². The zero-order valence-electron chi connectivity index (χ0n) is 8.17. The average molecular weight is 287 g/mol. The predicted molar refractivity (Wildman–Crippen MR) is 62.4 cm³/mol. The number of hydrogen-bond acceptors (Lipinski definition) is 2. The predicted octanol–water partition coefficient (Wildman–Crippen LogP) is 3.33. The monoisotopic (exact) mass is 285 g/mol. The highest BCUT2D eigenvalue weighted by molar-refractivity contribution is 9.10. The molecule has 15 heavy (non-hydrogen) atoms. The maximum atomic E-state index is 6.26. The number of halogens is 2. The highest BCUT2D eigenvalue weighted by atomic mass is 79.9. The van der Waals surface area contributed by atoms with Gasteiger partial charge in [0.05, 0.1) is 15.9 Å². The molecule has 0 N–H and O–H groups in total. The van der Waals surface area contributed by atoms with Crippen molar-refractivity contribution in [1.82, 2.24) is 14.4 Å². The minimum absolute atomic E-state index is 0.560. The molecular formula is C10H9BrClN3. The summed E-state index contributed by atoms with van der Waals surface area (Å²) in [5, 5.41) is 0.709. The minimum atomic E-state index is 0.560. The van der Waals surface area contributed by atoms with Crippen LogP contribution in [0, 0.1) is 6.92 Å². The van der Waals surface area contributed by atoms with Gasteiger partial charge in [-0.15, -0.1) is 0 Å². The molecule has 0 aliphatic heterocycles. The second-order valence-corrected chi connectivity index (χ2v) is 5.05. The van der Waals surface area contributed by atoms with Crippen LogP contribution in [0.1, 0.15) is 30.1 Å². The molecule has 3 rings (SSSR count). The van der Waals surface area contributed by atoms with E-state index in [0.29, 0.717) is 11.1 Å². The first-order valence-corrected chi connectivity index (χ1v) is 6.04. The van der Waals surface area contributed by atoms with E-state index in [-0.39, 0.29) is 0 Å². The minimum Gasteiger partial charge on any atom is -0.272 e. The van der Waals surface area contributed by atoms with Gasteiger partial charge < -0.3 is 0 Å². The largest absolute Gasteiger partial charge is 0.272 e. The van der Waals surface area contributed by atoms with Crippen LogP contribution in [0.4, 0.5) is 0 Å². The molecule has 2 heterocycles. The molecule has 0 saturated heterocycles. The standard InChI is InChI=1S/C10H9BrClN3/c1-5-7(11)10-14-8(6-2-3-6)9(12)15(10)4-13-5/h4,6H,2-3H2,1H3. The number of nitrogens with zero attached hydrogens (tertiary/aromatic N) is 3. The van der Waals surface area contributed by atoms with Crippen LogP contribution >= 0.6 is 27.5 Å². The zero-order valence-corrected chi connectivity index (χ0v) is 10.5. The first-order valence-electron chi connectivity index (χ1n) is 4.87. The van der Waals surface area contributed by atoms with E-state index in [2.05, 4.69) is 25.9 Å². The van der Waals surface area contributed by atoms with E-state index < -0.39 is 0 Å². The van der Waals surface area contributed by atoms with Crippen molar-refractivity contribution in [3.63, 3.8) is 0 Å². The lowest BCUT2D eigenvalue weighted by molar-refractivity contribution is 1.03. The zero-order chi connectivity index (χ0) is 10.6. The second-order valence-electron chi connectivity index (χ2n) is 3.90. The van der Waals surface area contributed by atoms with Crippen LogP contribution in [0.15, 0.2) is 10.8 Å². The molecule has 1 aliphatic rings. The Morgan fingerprint density at radius 3 is 2.93 bits per heavy atom. The van der Waals surface area contributed by atoms with Crippen LogP contribution in [-0.2, 0) is 0 Å². The van der Waals surface area contributed by atoms with Gasteiger partial charge in [0.1, 0.15) is 11.5 Å². The number of fused-ring (bicyclic) bond motifs is 1. The van der Waals surface area contributed by atoms with E-state index >= 15 is 0 Å². The smallest absolute Gasteiger partial charge is 0.155 e. The summed E-state index contributed by atoms with van der Waals surface area (Å²) in [6, 6.07) is 0. The van der Waals surface area contributed by atoms with Crippen LogP contribution in [0.2, 0.25) is 5.15 Å². The van der Waals surface area contributed by atoms with E-state index in [1.807, 2.05) is 11.3 Å². The first kappa shape index (κ1) is 9.60. The van der Waals surface area contributed by atoms with Crippen LogP contribution < -0.4 is 0 Å². The molecular weight excluding hydrogens is 277 g/mol. The van der Waals surface area contributed by atoms with Gasteiger partial charge in [-0.2, -0.15) is 0 Å². The first-order chi connectivity index (χ1) is 7.18. The van der Waals surface area contributed by atoms with Crippen molar-refractivity contribution in [2.45, 2.75) is 25.7 Å². The molecule has 0 atom stereocenters. The van der Waals surface area contributed by atoms with E-state index in [1.165, 1.54) is 12.8 Å². The van der Waals surface area contributed by atoms with Crippen molar-refractivity contribution in [2.24, 2.45) is 0 Å². The van der Waals surface area contributed by atoms with Crippen molar-refractivity contribution >= 4 is 33.2 Å². The lowest BCUT2D eigenvalue weighted by atomic mass is 10.3. The van der Waals surface area contributed by atoms with Gasteiger partial charge in [0.15, 0.2) is 5.65 Å². The molecule has 0 amide bonds. The van der Waals surface area contributed by atoms with E-state index in [1.54, 1.807) is 6.33 Å². The number of aryl methyl sites for hydroxylation is 1. The summed E-state index contributed by atoms with van der Waals surface area (Å²) in [6.07, 6.45) is 4.14. The van der Waals surface area contributed by atoms with Crippen molar-refractivity contribution < 1.29 is 0 Å². The Balaban J connectivity index is 2.34. The highest BCUT2D eigenvalue weighted by Crippen LogP contribution is 2.43. The Morgan fingerprint density at radius 2 is 2.27 bits per heavy atom. The van der Waals surface area contributed by atoms with Crippen LogP contribution in [0.25, 0.3) is 5.65 Å². The fourth-order valence-corrected chi connectivity index (χ4v) is 2.37. The Kier molecular flexibility index (Phi) is 2.04. The lowest BCUT2D eigenvalue weighted by Gasteiger charge is -1.99. The highest BCUT2D eigenvalue weighted by Gasteiger charge is 2.30. The summed E-state index contributed by atoms with van der Waals surface area (Å²) < 4.78 is 2.77. The van der Waals surface area contributed by atoms with Gasteiger partial charge in [-0.25, -0.2) is 9.97 Å². The maximum absolute atomic E-state index is 6.26. The molecule has 0 unspecified atom stereocenters. The van der Waals surface area contributed by atoms with Gasteiger partial charge in [-0.3, -0.25) is 4.40 Å². The van der Waals surface area contributed by atoms with Crippen LogP contribution in [0.3, 0.4) is 0 Å². The molecule has 0 aromatic carbocycles. The molecule has 3 nitrogen and oxygen atoms in total. The molecule has 0 radical (unpaired) electrons. The topological polar surface area (TPSA) is 30.2 Å². The van der Waals surface area contributed by atoms with Gasteiger partial charge in [-0.1, -0.05) is 11.6 Å². The summed E-state index contributed by atoms with van der Waals surface area (Å²) >= 11 is 9.75. The Bertz CT molecular complexity index is 545. The molecule has 78 valence electrons. The Morgan fingerprint density at radius 1 is 1.53 bits per heavy atom. The molecule has 2 aromatic rings. The van der Waals surface area contributed by atoms with E-state index in [4.69, 9.17) is 11.6 Å². The fourth-order valence-electron chi connectivity index (χ4n) is 1.67. The lowest BCUT2D eigenvalue weighted by Crippen LogP contribution is -1.91. The number of rotatable bonds is 1. The molecule has 1 saturated carbocycles. The van der Waals surface area contributed by atoms with Gasteiger partial charge in [-0.05, 0) is 35.7 Å². The Labute approximate surface area is 101 Å². The molecule has 0 bridgehead atoms. The van der Waals surface area contributed by atoms with Crippen molar-refractivity contribution in [1.29, 1.82) is 0 Å². The van der Waals surface area contributed by atoms with Gasteiger partial charge in [0.2, 0.25) is 0 Å². The molecule has 2 aromatic heterocycles. The van der Waals surface area contributed by atoms with E-state index in [9.17, 15) is 0 Å². The summed E-state index contributed by atoms with van der Waals surface area (Å²) in [5.74, 6) is 0.560. The number of aromatic nitrogens is 3. The maximum Gasteiger partial charge on any atom is 0.155 e. The average Bonchev–Trinajstić information content (AvgIpc) is 2.99. The van der Waals surface area contributed by atoms with Gasteiger partial charge >= 0.3 is 0 Å². The molecule has 5 heteroatoms. The summed E-state index contributed by atoms with van der Waals surface area (Å²) in [6.45, 7) is 1.95. The van der Waals surface area contributed by atoms with Gasteiger partial charge in [0.25, 0.3) is 0 Å². The summed E-state index contributed by atoms with van der Waals surface area (Å²) in [5.41, 5.74) is 2.82. The molecule has 0 spiro atoms. The van der Waals surface area contributed by atoms with Crippen molar-refractivity contribution in [2.75, 3.05) is 0 Å². The summed E-state index contributed by atoms with van der Waals surface area (Å²) in [4.78, 5) is 8.83. The quantitative estimate of drug-likeness (QED) is 0.805. The fraction of sp³-hybridized carbons (Fsp3) is 0.400. The van der Waals surface area contributed by atoms with Gasteiger partial charge in [0, 0.05) is 5.92 Å². The summed E-state index contributed by atoms with van der Waals surface area (Å²) in [7, 11) is 0. The SMILES string of the molecule is Cc1ncn2c(Cl)c(C3CC3)nc2c1Br. The second kappa shape index (κ2) is 3.19. The van der Waals surface area contributed by atoms with E-state index in [0.717, 1.165) is 21.5 Å².